The van der Waals surface area contributed by atoms with Crippen LogP contribution in [0, 0.1) is 12.8 Å². The van der Waals surface area contributed by atoms with Crippen LogP contribution in [0.4, 0.5) is 5.69 Å². The van der Waals surface area contributed by atoms with E-state index in [4.69, 9.17) is 0 Å². The van der Waals surface area contributed by atoms with Gasteiger partial charge >= 0.3 is 0 Å². The van der Waals surface area contributed by atoms with E-state index in [9.17, 15) is 13.2 Å². The molecular weight excluding hydrogens is 452 g/mol. The zero-order valence-electron chi connectivity index (χ0n) is 16.6. The summed E-state index contributed by atoms with van der Waals surface area (Å²) in [7, 11) is -3.87. The van der Waals surface area contributed by atoms with Gasteiger partial charge in [-0.05, 0) is 56.0 Å². The number of amides is 1. The van der Waals surface area contributed by atoms with Crippen LogP contribution in [0.3, 0.4) is 0 Å². The summed E-state index contributed by atoms with van der Waals surface area (Å²) in [6, 6.07) is 13.7. The summed E-state index contributed by atoms with van der Waals surface area (Å²) < 4.78 is 28.6. The Labute approximate surface area is 181 Å². The van der Waals surface area contributed by atoms with Gasteiger partial charge in [-0.2, -0.15) is 0 Å². The summed E-state index contributed by atoms with van der Waals surface area (Å²) in [5.41, 5.74) is 1.43. The number of hydrogen-bond acceptors (Lipinski definition) is 3. The Morgan fingerprint density at radius 2 is 1.79 bits per heavy atom. The van der Waals surface area contributed by atoms with Crippen LogP contribution in [0.15, 0.2) is 57.9 Å². The van der Waals surface area contributed by atoms with E-state index in [-0.39, 0.29) is 17.3 Å². The van der Waals surface area contributed by atoms with Crippen LogP contribution in [-0.4, -0.2) is 27.4 Å². The number of carbonyl (C=O) groups excluding carboxylic acids is 1. The molecule has 156 valence electrons. The number of nitrogens with zero attached hydrogens (tertiary/aromatic N) is 1. The first-order chi connectivity index (χ1) is 13.9. The fraction of sp³-hybridized carbons (Fsp3) is 0.409. The molecular formula is C22H27BrN2O3S. The lowest BCUT2D eigenvalue weighted by molar-refractivity contribution is -0.119. The summed E-state index contributed by atoms with van der Waals surface area (Å²) in [5.74, 6) is 0.201. The molecule has 1 fully saturated rings. The van der Waals surface area contributed by atoms with Gasteiger partial charge in [-0.1, -0.05) is 59.0 Å². The second-order valence-corrected chi connectivity index (χ2v) is 10.4. The van der Waals surface area contributed by atoms with Gasteiger partial charge in [-0.3, -0.25) is 9.10 Å². The molecule has 0 spiro atoms. The normalized spacial score (nSPS) is 15.1. The van der Waals surface area contributed by atoms with Gasteiger partial charge < -0.3 is 5.32 Å². The molecule has 1 saturated carbocycles. The molecule has 0 aromatic heterocycles. The minimum Gasteiger partial charge on any atom is -0.354 e. The van der Waals surface area contributed by atoms with Gasteiger partial charge in [0.15, 0.2) is 0 Å². The SMILES string of the molecule is Cc1ccc(S(=O)(=O)N(CC(=O)NCC2CCCCC2)c2cccc(Br)c2)cc1. The highest BCUT2D eigenvalue weighted by atomic mass is 79.9. The van der Waals surface area contributed by atoms with Gasteiger partial charge in [0, 0.05) is 11.0 Å². The number of rotatable bonds is 7. The summed E-state index contributed by atoms with van der Waals surface area (Å²) in [6.45, 7) is 2.26. The second-order valence-electron chi connectivity index (χ2n) is 7.61. The molecule has 29 heavy (non-hydrogen) atoms. The number of carbonyl (C=O) groups is 1. The number of halogens is 1. The van der Waals surface area contributed by atoms with Crippen molar-refractivity contribution in [3.63, 3.8) is 0 Å². The average molecular weight is 479 g/mol. The lowest BCUT2D eigenvalue weighted by atomic mass is 9.89. The Kier molecular flexibility index (Phi) is 7.35. The van der Waals surface area contributed by atoms with Crippen LogP contribution >= 0.6 is 15.9 Å². The fourth-order valence-electron chi connectivity index (χ4n) is 3.62. The van der Waals surface area contributed by atoms with E-state index < -0.39 is 10.0 Å². The van der Waals surface area contributed by atoms with E-state index in [2.05, 4.69) is 21.2 Å². The van der Waals surface area contributed by atoms with E-state index in [1.54, 1.807) is 42.5 Å². The largest absolute Gasteiger partial charge is 0.354 e. The predicted octanol–water partition coefficient (Wildman–Crippen LogP) is 4.65. The predicted molar refractivity (Wildman–Crippen MR) is 119 cm³/mol. The maximum Gasteiger partial charge on any atom is 0.264 e. The van der Waals surface area contributed by atoms with E-state index in [1.807, 2.05) is 13.0 Å². The Morgan fingerprint density at radius 3 is 2.45 bits per heavy atom. The number of aryl methyl sites for hydroxylation is 1. The lowest BCUT2D eigenvalue weighted by Gasteiger charge is -2.26. The molecule has 1 N–H and O–H groups in total. The lowest BCUT2D eigenvalue weighted by Crippen LogP contribution is -2.42. The Bertz CT molecular complexity index is 939. The van der Waals surface area contributed by atoms with Crippen molar-refractivity contribution in [1.29, 1.82) is 0 Å². The first-order valence-corrected chi connectivity index (χ1v) is 12.2. The molecule has 5 nitrogen and oxygen atoms in total. The maximum atomic E-state index is 13.3. The zero-order valence-corrected chi connectivity index (χ0v) is 19.0. The molecule has 0 aliphatic heterocycles. The standard InChI is InChI=1S/C22H27BrN2O3S/c1-17-10-12-21(13-11-17)29(27,28)25(20-9-5-8-19(23)14-20)16-22(26)24-15-18-6-3-2-4-7-18/h5,8-14,18H,2-4,6-7,15-16H2,1H3,(H,24,26). The van der Waals surface area contributed by atoms with E-state index in [0.717, 1.165) is 22.9 Å². The molecule has 0 atom stereocenters. The van der Waals surface area contributed by atoms with Crippen LogP contribution in [0.25, 0.3) is 0 Å². The molecule has 2 aromatic carbocycles. The highest BCUT2D eigenvalue weighted by molar-refractivity contribution is 9.10. The average Bonchev–Trinajstić information content (AvgIpc) is 2.71. The molecule has 3 rings (SSSR count). The third-order valence-electron chi connectivity index (χ3n) is 5.31. The minimum atomic E-state index is -3.87. The Hall–Kier alpha value is -1.86. The van der Waals surface area contributed by atoms with E-state index >= 15 is 0 Å². The molecule has 1 aliphatic rings. The van der Waals surface area contributed by atoms with Gasteiger partial charge in [0.1, 0.15) is 6.54 Å². The van der Waals surface area contributed by atoms with Crippen molar-refractivity contribution in [3.05, 3.63) is 58.6 Å². The van der Waals surface area contributed by atoms with Crippen LogP contribution in [0.5, 0.6) is 0 Å². The molecule has 0 heterocycles. The Balaban J connectivity index is 1.81. The van der Waals surface area contributed by atoms with Crippen molar-refractivity contribution in [2.75, 3.05) is 17.4 Å². The van der Waals surface area contributed by atoms with Gasteiger partial charge in [-0.25, -0.2) is 8.42 Å². The highest BCUT2D eigenvalue weighted by Gasteiger charge is 2.27. The number of sulfonamides is 1. The number of nitrogens with one attached hydrogen (secondary N) is 1. The summed E-state index contributed by atoms with van der Waals surface area (Å²) in [6.07, 6.45) is 5.91. The molecule has 2 aromatic rings. The van der Waals surface area contributed by atoms with Crippen molar-refractivity contribution in [2.24, 2.45) is 5.92 Å². The van der Waals surface area contributed by atoms with Gasteiger partial charge in [-0.15, -0.1) is 0 Å². The number of anilines is 1. The van der Waals surface area contributed by atoms with E-state index in [0.29, 0.717) is 18.2 Å². The number of hydrogen-bond donors (Lipinski definition) is 1. The smallest absolute Gasteiger partial charge is 0.264 e. The zero-order chi connectivity index (χ0) is 20.9. The molecule has 0 bridgehead atoms. The summed E-state index contributed by atoms with van der Waals surface area (Å²) in [4.78, 5) is 12.8. The van der Waals surface area contributed by atoms with Gasteiger partial charge in [0.25, 0.3) is 10.0 Å². The Morgan fingerprint density at radius 1 is 1.10 bits per heavy atom. The van der Waals surface area contributed by atoms with Crippen molar-refractivity contribution in [2.45, 2.75) is 43.9 Å². The topological polar surface area (TPSA) is 66.5 Å². The van der Waals surface area contributed by atoms with Gasteiger partial charge in [0.05, 0.1) is 10.6 Å². The molecule has 0 saturated heterocycles. The van der Waals surface area contributed by atoms with Crippen molar-refractivity contribution >= 4 is 37.5 Å². The van der Waals surface area contributed by atoms with Crippen LogP contribution in [0.1, 0.15) is 37.7 Å². The van der Waals surface area contributed by atoms with Crippen LogP contribution in [0.2, 0.25) is 0 Å². The number of benzene rings is 2. The molecule has 0 radical (unpaired) electrons. The molecule has 7 heteroatoms. The summed E-state index contributed by atoms with van der Waals surface area (Å²) in [5, 5.41) is 2.94. The first kappa shape index (κ1) is 21.8. The van der Waals surface area contributed by atoms with Crippen LogP contribution in [-0.2, 0) is 14.8 Å². The highest BCUT2D eigenvalue weighted by Crippen LogP contribution is 2.27. The quantitative estimate of drug-likeness (QED) is 0.629. The molecule has 1 amide bonds. The van der Waals surface area contributed by atoms with Crippen LogP contribution < -0.4 is 9.62 Å². The van der Waals surface area contributed by atoms with Crippen molar-refractivity contribution in [1.82, 2.24) is 5.32 Å². The maximum absolute atomic E-state index is 13.3. The molecule has 1 aliphatic carbocycles. The first-order valence-electron chi connectivity index (χ1n) is 9.98. The minimum absolute atomic E-state index is 0.170. The summed E-state index contributed by atoms with van der Waals surface area (Å²) >= 11 is 3.39. The molecule has 0 unspecified atom stereocenters. The van der Waals surface area contributed by atoms with Crippen molar-refractivity contribution in [3.8, 4) is 0 Å². The third-order valence-corrected chi connectivity index (χ3v) is 7.59. The van der Waals surface area contributed by atoms with Crippen molar-refractivity contribution < 1.29 is 13.2 Å². The monoisotopic (exact) mass is 478 g/mol. The van der Waals surface area contributed by atoms with Gasteiger partial charge in [0.2, 0.25) is 5.91 Å². The fourth-order valence-corrected chi connectivity index (χ4v) is 5.42. The third kappa shape index (κ3) is 5.82. The second kappa shape index (κ2) is 9.76. The van der Waals surface area contributed by atoms with E-state index in [1.165, 1.54) is 23.6 Å².